The highest BCUT2D eigenvalue weighted by Gasteiger charge is 2.18. The second-order valence-corrected chi connectivity index (χ2v) is 6.75. The van der Waals surface area contributed by atoms with Crippen molar-refractivity contribution in [3.8, 4) is 0 Å². The molecule has 1 N–H and O–H groups in total. The predicted molar refractivity (Wildman–Crippen MR) is 110 cm³/mol. The van der Waals surface area contributed by atoms with E-state index in [1.54, 1.807) is 29.2 Å². The molecule has 2 aromatic rings. The van der Waals surface area contributed by atoms with E-state index in [0.717, 1.165) is 11.3 Å². The number of para-hydroxylation sites is 1. The molecule has 0 radical (unpaired) electrons. The van der Waals surface area contributed by atoms with Gasteiger partial charge in [-0.05, 0) is 35.7 Å². The van der Waals surface area contributed by atoms with Gasteiger partial charge < -0.3 is 15.0 Å². The Labute approximate surface area is 165 Å². The molecule has 0 fully saturated rings. The van der Waals surface area contributed by atoms with Gasteiger partial charge in [-0.25, -0.2) is 4.79 Å². The van der Waals surface area contributed by atoms with E-state index in [-0.39, 0.29) is 30.7 Å². The van der Waals surface area contributed by atoms with E-state index >= 15 is 0 Å². The number of hydrogen-bond donors (Lipinski definition) is 1. The summed E-state index contributed by atoms with van der Waals surface area (Å²) >= 11 is 0. The second-order valence-electron chi connectivity index (χ2n) is 6.75. The molecule has 0 aliphatic rings. The van der Waals surface area contributed by atoms with Crippen molar-refractivity contribution in [2.75, 3.05) is 23.9 Å². The second kappa shape index (κ2) is 9.69. The largest absolute Gasteiger partial charge is 0.465 e. The first-order chi connectivity index (χ1) is 13.3. The molecule has 0 aromatic heterocycles. The number of nitrogens with zero attached hydrogens (tertiary/aromatic N) is 1. The third-order valence-corrected chi connectivity index (χ3v) is 4.36. The van der Waals surface area contributed by atoms with Gasteiger partial charge in [-0.1, -0.05) is 38.1 Å². The molecule has 2 rings (SSSR count). The summed E-state index contributed by atoms with van der Waals surface area (Å²) < 4.78 is 4.69. The van der Waals surface area contributed by atoms with Crippen molar-refractivity contribution in [2.24, 2.45) is 0 Å². The van der Waals surface area contributed by atoms with Crippen LogP contribution in [0.4, 0.5) is 11.4 Å². The number of carbonyl (C=O) groups excluding carboxylic acids is 3. The Morgan fingerprint density at radius 3 is 2.43 bits per heavy atom. The molecule has 0 heterocycles. The SMILES string of the molecule is COC(=O)c1cccc(NC(=O)CCN(C(C)=O)c2ccccc2C(C)C)c1. The highest BCUT2D eigenvalue weighted by molar-refractivity contribution is 5.96. The molecule has 2 amide bonds. The topological polar surface area (TPSA) is 75.7 Å². The molecule has 0 saturated heterocycles. The van der Waals surface area contributed by atoms with Gasteiger partial charge >= 0.3 is 5.97 Å². The maximum Gasteiger partial charge on any atom is 0.337 e. The molecule has 0 saturated carbocycles. The van der Waals surface area contributed by atoms with Crippen LogP contribution in [0.3, 0.4) is 0 Å². The zero-order valence-electron chi connectivity index (χ0n) is 16.7. The van der Waals surface area contributed by atoms with Crippen LogP contribution in [0, 0.1) is 0 Å². The van der Waals surface area contributed by atoms with Crippen LogP contribution in [0.15, 0.2) is 48.5 Å². The maximum atomic E-state index is 12.4. The van der Waals surface area contributed by atoms with Crippen LogP contribution in [-0.2, 0) is 14.3 Å². The summed E-state index contributed by atoms with van der Waals surface area (Å²) in [5.74, 6) is -0.569. The van der Waals surface area contributed by atoms with Gasteiger partial charge in [-0.2, -0.15) is 0 Å². The molecule has 148 valence electrons. The summed E-state index contributed by atoms with van der Waals surface area (Å²) in [7, 11) is 1.30. The summed E-state index contributed by atoms with van der Waals surface area (Å²) in [5, 5.41) is 2.76. The molecule has 6 nitrogen and oxygen atoms in total. The fraction of sp³-hybridized carbons (Fsp3) is 0.318. The van der Waals surface area contributed by atoms with E-state index in [1.165, 1.54) is 14.0 Å². The lowest BCUT2D eigenvalue weighted by atomic mass is 10.0. The number of carbonyl (C=O) groups is 3. The minimum atomic E-state index is -0.468. The number of amides is 2. The molecule has 0 bridgehead atoms. The third-order valence-electron chi connectivity index (χ3n) is 4.36. The van der Waals surface area contributed by atoms with Crippen molar-refractivity contribution in [2.45, 2.75) is 33.1 Å². The van der Waals surface area contributed by atoms with Crippen LogP contribution in [0.25, 0.3) is 0 Å². The number of nitrogens with one attached hydrogen (secondary N) is 1. The average Bonchev–Trinajstić information content (AvgIpc) is 2.67. The van der Waals surface area contributed by atoms with Crippen molar-refractivity contribution in [1.29, 1.82) is 0 Å². The van der Waals surface area contributed by atoms with E-state index < -0.39 is 5.97 Å². The number of ether oxygens (including phenoxy) is 1. The van der Waals surface area contributed by atoms with Crippen LogP contribution in [-0.4, -0.2) is 31.4 Å². The van der Waals surface area contributed by atoms with E-state index in [1.807, 2.05) is 24.3 Å². The summed E-state index contributed by atoms with van der Waals surface area (Å²) in [5.41, 5.74) is 2.75. The molecule has 0 aliphatic carbocycles. The first-order valence-electron chi connectivity index (χ1n) is 9.18. The molecule has 6 heteroatoms. The van der Waals surface area contributed by atoms with Crippen LogP contribution in [0.5, 0.6) is 0 Å². The molecule has 0 aliphatic heterocycles. The Hall–Kier alpha value is -3.15. The van der Waals surface area contributed by atoms with Gasteiger partial charge in [0, 0.05) is 31.3 Å². The summed E-state index contributed by atoms with van der Waals surface area (Å²) in [6.07, 6.45) is 0.133. The summed E-state index contributed by atoms with van der Waals surface area (Å²) in [4.78, 5) is 37.8. The highest BCUT2D eigenvalue weighted by atomic mass is 16.5. The predicted octanol–water partition coefficient (Wildman–Crippen LogP) is 3.98. The lowest BCUT2D eigenvalue weighted by Crippen LogP contribution is -2.32. The maximum absolute atomic E-state index is 12.4. The lowest BCUT2D eigenvalue weighted by molar-refractivity contribution is -0.117. The fourth-order valence-electron chi connectivity index (χ4n) is 2.95. The molecule has 28 heavy (non-hydrogen) atoms. The lowest BCUT2D eigenvalue weighted by Gasteiger charge is -2.25. The highest BCUT2D eigenvalue weighted by Crippen LogP contribution is 2.27. The molecule has 0 unspecified atom stereocenters. The number of esters is 1. The monoisotopic (exact) mass is 382 g/mol. The number of benzene rings is 2. The molecule has 0 spiro atoms. The van der Waals surface area contributed by atoms with Crippen LogP contribution < -0.4 is 10.2 Å². The summed E-state index contributed by atoms with van der Waals surface area (Å²) in [6, 6.07) is 14.3. The van der Waals surface area contributed by atoms with Gasteiger partial charge in [0.1, 0.15) is 0 Å². The standard InChI is InChI=1S/C22H26N2O4/c1-15(2)19-10-5-6-11-20(19)24(16(3)25)13-12-21(26)23-18-9-7-8-17(14-18)22(27)28-4/h5-11,14-15H,12-13H2,1-4H3,(H,23,26). The van der Waals surface area contributed by atoms with Gasteiger partial charge in [0.05, 0.1) is 12.7 Å². The van der Waals surface area contributed by atoms with E-state index in [2.05, 4.69) is 23.9 Å². The van der Waals surface area contributed by atoms with Crippen molar-refractivity contribution in [1.82, 2.24) is 0 Å². The first-order valence-corrected chi connectivity index (χ1v) is 9.18. The zero-order valence-corrected chi connectivity index (χ0v) is 16.7. The molecular weight excluding hydrogens is 356 g/mol. The Kier molecular flexibility index (Phi) is 7.32. The van der Waals surface area contributed by atoms with Crippen LogP contribution >= 0.6 is 0 Å². The minimum Gasteiger partial charge on any atom is -0.465 e. The molecular formula is C22H26N2O4. The zero-order chi connectivity index (χ0) is 20.7. The number of methoxy groups -OCH3 is 1. The van der Waals surface area contributed by atoms with Gasteiger partial charge in [-0.3, -0.25) is 9.59 Å². The average molecular weight is 382 g/mol. The van der Waals surface area contributed by atoms with E-state index in [9.17, 15) is 14.4 Å². The number of hydrogen-bond acceptors (Lipinski definition) is 4. The Morgan fingerprint density at radius 2 is 1.79 bits per heavy atom. The third kappa shape index (κ3) is 5.42. The normalized spacial score (nSPS) is 10.5. The number of anilines is 2. The van der Waals surface area contributed by atoms with Gasteiger partial charge in [0.25, 0.3) is 0 Å². The first kappa shape index (κ1) is 21.2. The van der Waals surface area contributed by atoms with E-state index in [0.29, 0.717) is 11.3 Å². The van der Waals surface area contributed by atoms with Crippen molar-refractivity contribution in [3.63, 3.8) is 0 Å². The smallest absolute Gasteiger partial charge is 0.337 e. The van der Waals surface area contributed by atoms with Gasteiger partial charge in [0.15, 0.2) is 0 Å². The quantitative estimate of drug-likeness (QED) is 0.735. The van der Waals surface area contributed by atoms with Crippen LogP contribution in [0.2, 0.25) is 0 Å². The van der Waals surface area contributed by atoms with Crippen molar-refractivity contribution >= 4 is 29.2 Å². The van der Waals surface area contributed by atoms with Crippen molar-refractivity contribution < 1.29 is 19.1 Å². The molecule has 2 aromatic carbocycles. The van der Waals surface area contributed by atoms with E-state index in [4.69, 9.17) is 0 Å². The minimum absolute atomic E-state index is 0.117. The Morgan fingerprint density at radius 1 is 1.07 bits per heavy atom. The van der Waals surface area contributed by atoms with Crippen LogP contribution in [0.1, 0.15) is 49.0 Å². The Bertz CT molecular complexity index is 861. The fourth-order valence-corrected chi connectivity index (χ4v) is 2.95. The number of rotatable bonds is 7. The molecule has 0 atom stereocenters. The van der Waals surface area contributed by atoms with Gasteiger partial charge in [-0.15, -0.1) is 0 Å². The van der Waals surface area contributed by atoms with Gasteiger partial charge in [0.2, 0.25) is 11.8 Å². The van der Waals surface area contributed by atoms with Crippen molar-refractivity contribution in [3.05, 3.63) is 59.7 Å². The summed E-state index contributed by atoms with van der Waals surface area (Å²) in [6.45, 7) is 5.90. The Balaban J connectivity index is 2.08.